The number of nitrogens with zero attached hydrogens (tertiary/aromatic N) is 4. The fraction of sp³-hybridized carbons (Fsp3) is 0.577. The van der Waals surface area contributed by atoms with E-state index in [0.29, 0.717) is 0 Å². The van der Waals surface area contributed by atoms with Crippen LogP contribution in [-0.4, -0.2) is 45.2 Å². The Balaban J connectivity index is 1.37. The van der Waals surface area contributed by atoms with Gasteiger partial charge in [-0.2, -0.15) is 11.8 Å². The van der Waals surface area contributed by atoms with Gasteiger partial charge in [0.05, 0.1) is 5.41 Å². The topological polar surface area (TPSA) is 52.8 Å². The number of thiazole rings is 1. The van der Waals surface area contributed by atoms with Gasteiger partial charge < -0.3 is 8.99 Å². The lowest BCUT2D eigenvalue weighted by Gasteiger charge is -2.39. The summed E-state index contributed by atoms with van der Waals surface area (Å²) in [6, 6.07) is 8.96. The van der Waals surface area contributed by atoms with E-state index < -0.39 is 8.32 Å². The Morgan fingerprint density at radius 3 is 2.47 bits per heavy atom. The summed E-state index contributed by atoms with van der Waals surface area (Å²) in [5.74, 6) is 3.33. The van der Waals surface area contributed by atoms with Gasteiger partial charge in [0.15, 0.2) is 8.32 Å². The van der Waals surface area contributed by atoms with Crippen molar-refractivity contribution in [3.05, 3.63) is 53.1 Å². The molecule has 3 aromatic rings. The Bertz CT molecular complexity index is 1150. The summed E-state index contributed by atoms with van der Waals surface area (Å²) in [6.07, 6.45) is 5.05. The molecule has 5 nitrogen and oxygen atoms in total. The van der Waals surface area contributed by atoms with E-state index in [9.17, 15) is 0 Å². The lowest BCUT2D eigenvalue weighted by atomic mass is 9.94. The molecule has 1 unspecified atom stereocenters. The maximum atomic E-state index is 6.66. The van der Waals surface area contributed by atoms with E-state index in [2.05, 4.69) is 74.6 Å². The molecule has 1 saturated carbocycles. The van der Waals surface area contributed by atoms with Gasteiger partial charge in [0.25, 0.3) is 0 Å². The van der Waals surface area contributed by atoms with Crippen LogP contribution in [-0.2, 0) is 22.8 Å². The molecule has 0 spiro atoms. The summed E-state index contributed by atoms with van der Waals surface area (Å²) in [6.45, 7) is 15.7. The molecule has 1 aromatic carbocycles. The Morgan fingerprint density at radius 1 is 1.12 bits per heavy atom. The summed E-state index contributed by atoms with van der Waals surface area (Å²) >= 11 is 3.72. The first kappa shape index (κ1) is 24.2. The molecule has 182 valence electrons. The Morgan fingerprint density at radius 2 is 1.85 bits per heavy atom. The lowest BCUT2D eigenvalue weighted by molar-refractivity contribution is 0.252. The normalized spacial score (nSPS) is 22.3. The highest BCUT2D eigenvalue weighted by atomic mass is 32.2. The monoisotopic (exact) mass is 512 g/mol. The van der Waals surface area contributed by atoms with E-state index >= 15 is 0 Å². The number of fused-ring (bicyclic) bond motifs is 1. The molecule has 3 heterocycles. The molecule has 1 aliphatic carbocycles. The number of hydrogen-bond acceptors (Lipinski definition) is 6. The molecular formula is C26H36N4OS2Si. The molecule has 0 saturated heterocycles. The first-order valence-corrected chi connectivity index (χ1v) is 17.0. The second kappa shape index (κ2) is 8.57. The van der Waals surface area contributed by atoms with Crippen molar-refractivity contribution in [3.8, 4) is 10.6 Å². The molecular weight excluding hydrogens is 477 g/mol. The minimum Gasteiger partial charge on any atom is -0.415 e. The lowest BCUT2D eigenvalue weighted by Crippen LogP contribution is -2.45. The van der Waals surface area contributed by atoms with E-state index in [-0.39, 0.29) is 15.2 Å². The number of thioether (sulfide) groups is 1. The predicted molar refractivity (Wildman–Crippen MR) is 145 cm³/mol. The van der Waals surface area contributed by atoms with E-state index in [4.69, 9.17) is 14.6 Å². The zero-order valence-electron chi connectivity index (χ0n) is 21.2. The van der Waals surface area contributed by atoms with Crippen molar-refractivity contribution < 1.29 is 4.43 Å². The molecule has 0 amide bonds. The third-order valence-corrected chi connectivity index (χ3v) is 14.6. The van der Waals surface area contributed by atoms with Crippen molar-refractivity contribution in [1.29, 1.82) is 0 Å². The highest BCUT2D eigenvalue weighted by Crippen LogP contribution is 2.53. The fourth-order valence-corrected chi connectivity index (χ4v) is 7.53. The second-order valence-electron chi connectivity index (χ2n) is 11.6. The van der Waals surface area contributed by atoms with E-state index in [1.165, 1.54) is 11.1 Å². The largest absolute Gasteiger partial charge is 0.415 e. The molecule has 2 aliphatic rings. The molecule has 8 heteroatoms. The van der Waals surface area contributed by atoms with Crippen molar-refractivity contribution in [3.63, 3.8) is 0 Å². The first-order chi connectivity index (χ1) is 16.0. The van der Waals surface area contributed by atoms with Gasteiger partial charge in [-0.05, 0) is 43.5 Å². The third kappa shape index (κ3) is 4.42. The maximum Gasteiger partial charge on any atom is 0.192 e. The van der Waals surface area contributed by atoms with Crippen LogP contribution in [0.1, 0.15) is 57.7 Å². The second-order valence-corrected chi connectivity index (χ2v) is 19.0. The van der Waals surface area contributed by atoms with Crippen LogP contribution < -0.4 is 0 Å². The number of benzene rings is 1. The first-order valence-electron chi connectivity index (χ1n) is 12.2. The zero-order valence-corrected chi connectivity index (χ0v) is 23.9. The van der Waals surface area contributed by atoms with Gasteiger partial charge in [-0.15, -0.1) is 21.5 Å². The molecule has 0 N–H and O–H groups in total. The molecule has 1 aliphatic heterocycles. The molecule has 0 bridgehead atoms. The van der Waals surface area contributed by atoms with Gasteiger partial charge in [0.2, 0.25) is 0 Å². The predicted octanol–water partition coefficient (Wildman–Crippen LogP) is 6.55. The molecule has 5 rings (SSSR count). The molecule has 0 radical (unpaired) electrons. The fourth-order valence-electron chi connectivity index (χ4n) is 4.53. The van der Waals surface area contributed by atoms with Crippen molar-refractivity contribution in [2.24, 2.45) is 0 Å². The Hall–Kier alpha value is -1.48. The van der Waals surface area contributed by atoms with Crippen LogP contribution in [0.3, 0.4) is 0 Å². The Kier molecular flexibility index (Phi) is 6.11. The summed E-state index contributed by atoms with van der Waals surface area (Å²) in [5, 5.41) is 12.9. The van der Waals surface area contributed by atoms with Crippen LogP contribution in [0, 0.1) is 0 Å². The quantitative estimate of drug-likeness (QED) is 0.351. The molecule has 1 atom stereocenters. The summed E-state index contributed by atoms with van der Waals surface area (Å²) in [7, 11) is -1.79. The van der Waals surface area contributed by atoms with E-state index in [1.54, 1.807) is 11.3 Å². The van der Waals surface area contributed by atoms with Crippen LogP contribution in [0.4, 0.5) is 0 Å². The van der Waals surface area contributed by atoms with Crippen molar-refractivity contribution in [1.82, 2.24) is 19.7 Å². The average molecular weight is 513 g/mol. The number of hydrogen-bond donors (Lipinski definition) is 0. The smallest absolute Gasteiger partial charge is 0.192 e. The van der Waals surface area contributed by atoms with Gasteiger partial charge in [-0.1, -0.05) is 45.0 Å². The van der Waals surface area contributed by atoms with Crippen molar-refractivity contribution in [2.75, 3.05) is 12.4 Å². The number of aromatic nitrogens is 4. The molecule has 2 aromatic heterocycles. The average Bonchev–Trinajstić information content (AvgIpc) is 3.27. The van der Waals surface area contributed by atoms with Crippen LogP contribution >= 0.6 is 23.1 Å². The van der Waals surface area contributed by atoms with Crippen LogP contribution in [0.25, 0.3) is 10.6 Å². The minimum atomic E-state index is -1.79. The SMILES string of the molecule is CC1(CO[Si](C)(C)C(C)(C)C)Cc2nnc(C3(c4ccc(-c5nccs5)cc4)CC3)n2CCS1. The molecule has 1 fully saturated rings. The van der Waals surface area contributed by atoms with Gasteiger partial charge in [-0.3, -0.25) is 0 Å². The van der Waals surface area contributed by atoms with E-state index in [0.717, 1.165) is 54.8 Å². The maximum absolute atomic E-state index is 6.66. The van der Waals surface area contributed by atoms with Gasteiger partial charge in [0.1, 0.15) is 16.7 Å². The molecule has 34 heavy (non-hydrogen) atoms. The zero-order chi connectivity index (χ0) is 24.2. The third-order valence-electron chi connectivity index (χ3n) is 7.96. The number of rotatable bonds is 6. The minimum absolute atomic E-state index is 0.00963. The standard InChI is InChI=1S/C26H36N4OS2Si/c1-24(2,3)34(5,6)31-18-25(4)17-21-28-29-23(30(21)14-16-33-25)26(11-12-26)20-9-7-19(8-10-20)22-27-13-15-32-22/h7-10,13,15H,11-12,14,16-18H2,1-6H3. The van der Waals surface area contributed by atoms with Crippen LogP contribution in [0.15, 0.2) is 35.8 Å². The highest BCUT2D eigenvalue weighted by molar-refractivity contribution is 8.00. The van der Waals surface area contributed by atoms with Gasteiger partial charge >= 0.3 is 0 Å². The summed E-state index contributed by atoms with van der Waals surface area (Å²) in [4.78, 5) is 4.45. The van der Waals surface area contributed by atoms with Crippen molar-refractivity contribution >= 4 is 31.4 Å². The van der Waals surface area contributed by atoms with Gasteiger partial charge in [0, 0.05) is 47.2 Å². The van der Waals surface area contributed by atoms with Crippen LogP contribution in [0.2, 0.25) is 18.1 Å². The summed E-state index contributed by atoms with van der Waals surface area (Å²) < 4.78 is 9.11. The van der Waals surface area contributed by atoms with Gasteiger partial charge in [-0.25, -0.2) is 4.98 Å². The summed E-state index contributed by atoms with van der Waals surface area (Å²) in [5.41, 5.74) is 2.54. The highest BCUT2D eigenvalue weighted by Gasteiger charge is 2.51. The Labute approximate surface area is 212 Å². The van der Waals surface area contributed by atoms with Crippen LogP contribution in [0.5, 0.6) is 0 Å². The van der Waals surface area contributed by atoms with Crippen molar-refractivity contribution in [2.45, 2.75) is 81.8 Å². The van der Waals surface area contributed by atoms with E-state index in [1.807, 2.05) is 23.3 Å².